The molecule has 0 aromatic rings. The molecular formula is C3H7BS. The van der Waals surface area contributed by atoms with Crippen LogP contribution in [0.5, 0.6) is 0 Å². The predicted octanol–water partition coefficient (Wildman–Crippen LogP) is 1.35. The standard InChI is InChI=1S/C3H7BS/c1-5-4-2-3-4/h2-3H2,1H3. The average Bonchev–Trinajstić information content (AvgIpc) is 2.12. The number of hydrogen-bond acceptors (Lipinski definition) is 1. The Labute approximate surface area is 37.3 Å². The van der Waals surface area contributed by atoms with Gasteiger partial charge in [0.25, 0.3) is 0 Å². The minimum absolute atomic E-state index is 1.05. The molecule has 0 nitrogen and oxygen atoms in total. The van der Waals surface area contributed by atoms with Gasteiger partial charge in [0, 0.05) is 0 Å². The first-order chi connectivity index (χ1) is 2.43. The highest BCUT2D eigenvalue weighted by atomic mass is 32.2. The van der Waals surface area contributed by atoms with Gasteiger partial charge >= 0.3 is 0 Å². The Morgan fingerprint density at radius 3 is 2.20 bits per heavy atom. The van der Waals surface area contributed by atoms with Crippen molar-refractivity contribution in [1.29, 1.82) is 0 Å². The molecule has 0 spiro atoms. The summed E-state index contributed by atoms with van der Waals surface area (Å²) in [6, 6.07) is 0. The summed E-state index contributed by atoms with van der Waals surface area (Å²) in [5.74, 6) is 1.05. The van der Waals surface area contributed by atoms with Crippen LogP contribution in [0.4, 0.5) is 0 Å². The number of rotatable bonds is 1. The lowest BCUT2D eigenvalue weighted by Gasteiger charge is -1.69. The molecule has 0 bridgehead atoms. The first kappa shape index (κ1) is 3.60. The van der Waals surface area contributed by atoms with Crippen LogP contribution >= 0.6 is 11.6 Å². The molecule has 0 aromatic carbocycles. The van der Waals surface area contributed by atoms with E-state index >= 15 is 0 Å². The summed E-state index contributed by atoms with van der Waals surface area (Å²) in [4.78, 5) is 0. The molecule has 0 radical (unpaired) electrons. The van der Waals surface area contributed by atoms with Gasteiger partial charge in [0.05, 0.1) is 0 Å². The van der Waals surface area contributed by atoms with Crippen LogP contribution in [-0.2, 0) is 0 Å². The molecular weight excluding hydrogens is 78.9 g/mol. The van der Waals surface area contributed by atoms with Crippen molar-refractivity contribution in [3.8, 4) is 0 Å². The first-order valence-corrected chi connectivity index (χ1v) is 3.25. The van der Waals surface area contributed by atoms with Gasteiger partial charge in [-0.15, -0.1) is 0 Å². The van der Waals surface area contributed by atoms with Crippen LogP contribution in [0.3, 0.4) is 0 Å². The molecule has 0 aliphatic carbocycles. The van der Waals surface area contributed by atoms with Gasteiger partial charge in [-0.25, -0.2) is 11.6 Å². The highest BCUT2D eigenvalue weighted by Crippen LogP contribution is 2.29. The molecule has 2 heteroatoms. The molecule has 5 heavy (non-hydrogen) atoms. The highest BCUT2D eigenvalue weighted by molar-refractivity contribution is 8.26. The van der Waals surface area contributed by atoms with Crippen molar-refractivity contribution in [2.75, 3.05) is 6.26 Å². The van der Waals surface area contributed by atoms with E-state index in [1.54, 1.807) is 0 Å². The second-order valence-electron chi connectivity index (χ2n) is 1.44. The van der Waals surface area contributed by atoms with Crippen LogP contribution in [0.1, 0.15) is 0 Å². The van der Waals surface area contributed by atoms with Crippen LogP contribution in [0, 0.1) is 0 Å². The van der Waals surface area contributed by atoms with Crippen molar-refractivity contribution in [3.63, 3.8) is 0 Å². The lowest BCUT2D eigenvalue weighted by molar-refractivity contribution is 1.69. The fourth-order valence-electron chi connectivity index (χ4n) is 0.304. The fraction of sp³-hybridized carbons (Fsp3) is 1.00. The van der Waals surface area contributed by atoms with Crippen LogP contribution in [-0.4, -0.2) is 12.2 Å². The zero-order chi connectivity index (χ0) is 3.70. The average molecular weight is 86.0 g/mol. The van der Waals surface area contributed by atoms with Gasteiger partial charge in [0.1, 0.15) is 0 Å². The summed E-state index contributed by atoms with van der Waals surface area (Å²) in [6.45, 7) is 0. The maximum Gasteiger partial charge on any atom is 0.207 e. The van der Waals surface area contributed by atoms with E-state index in [1.165, 1.54) is 12.6 Å². The van der Waals surface area contributed by atoms with Crippen molar-refractivity contribution in [2.45, 2.75) is 12.6 Å². The Morgan fingerprint density at radius 2 is 2.20 bits per heavy atom. The molecule has 28 valence electrons. The molecule has 0 N–H and O–H groups in total. The van der Waals surface area contributed by atoms with E-state index in [4.69, 9.17) is 0 Å². The van der Waals surface area contributed by atoms with Gasteiger partial charge in [0.2, 0.25) is 5.99 Å². The summed E-state index contributed by atoms with van der Waals surface area (Å²) in [6.07, 6.45) is 5.12. The molecule has 0 atom stereocenters. The Morgan fingerprint density at radius 1 is 1.60 bits per heavy atom. The van der Waals surface area contributed by atoms with Crippen LogP contribution in [0.25, 0.3) is 0 Å². The van der Waals surface area contributed by atoms with Crippen molar-refractivity contribution >= 4 is 17.6 Å². The Hall–Kier alpha value is 0.415. The van der Waals surface area contributed by atoms with Gasteiger partial charge in [0.15, 0.2) is 0 Å². The molecule has 1 rings (SSSR count). The molecule has 0 aromatic heterocycles. The zero-order valence-electron chi connectivity index (χ0n) is 3.40. The molecule has 0 unspecified atom stereocenters. The summed E-state index contributed by atoms with van der Waals surface area (Å²) in [5.41, 5.74) is 0. The van der Waals surface area contributed by atoms with E-state index in [2.05, 4.69) is 6.26 Å². The Balaban J connectivity index is 2.00. The van der Waals surface area contributed by atoms with Gasteiger partial charge < -0.3 is 0 Å². The maximum atomic E-state index is 2.18. The van der Waals surface area contributed by atoms with Crippen LogP contribution in [0.15, 0.2) is 0 Å². The highest BCUT2D eigenvalue weighted by Gasteiger charge is 2.24. The lowest BCUT2D eigenvalue weighted by Crippen LogP contribution is -1.68. The van der Waals surface area contributed by atoms with Crippen molar-refractivity contribution in [2.24, 2.45) is 0 Å². The van der Waals surface area contributed by atoms with Gasteiger partial charge in [-0.05, 0) is 6.26 Å². The SMILES string of the molecule is CSB1CC1. The van der Waals surface area contributed by atoms with Crippen LogP contribution in [0.2, 0.25) is 12.6 Å². The molecule has 1 saturated heterocycles. The second kappa shape index (κ2) is 1.25. The van der Waals surface area contributed by atoms with Crippen molar-refractivity contribution in [3.05, 3.63) is 0 Å². The molecule has 1 aliphatic rings. The molecule has 1 aliphatic heterocycles. The normalized spacial score (nSPS) is 19.8. The lowest BCUT2D eigenvalue weighted by atomic mass is 10.1. The van der Waals surface area contributed by atoms with E-state index in [1.807, 2.05) is 11.6 Å². The van der Waals surface area contributed by atoms with E-state index in [-0.39, 0.29) is 0 Å². The zero-order valence-corrected chi connectivity index (χ0v) is 4.22. The molecule has 1 heterocycles. The third kappa shape index (κ3) is 0.878. The molecule has 0 saturated carbocycles. The minimum Gasteiger partial charge on any atom is -0.213 e. The minimum atomic E-state index is 1.05. The summed E-state index contributed by atoms with van der Waals surface area (Å²) in [5, 5.41) is 0. The van der Waals surface area contributed by atoms with E-state index in [9.17, 15) is 0 Å². The smallest absolute Gasteiger partial charge is 0.207 e. The molecule has 1 fully saturated rings. The second-order valence-corrected chi connectivity index (χ2v) is 2.57. The van der Waals surface area contributed by atoms with Crippen molar-refractivity contribution in [1.82, 2.24) is 0 Å². The summed E-state index contributed by atoms with van der Waals surface area (Å²) >= 11 is 1.99. The third-order valence-corrected chi connectivity index (χ3v) is 2.00. The van der Waals surface area contributed by atoms with Gasteiger partial charge in [-0.3, -0.25) is 0 Å². The van der Waals surface area contributed by atoms with Crippen LogP contribution < -0.4 is 0 Å². The maximum absolute atomic E-state index is 2.18. The monoisotopic (exact) mass is 86.0 g/mol. The largest absolute Gasteiger partial charge is 0.213 e. The van der Waals surface area contributed by atoms with E-state index in [0.29, 0.717) is 0 Å². The summed E-state index contributed by atoms with van der Waals surface area (Å²) < 4.78 is 0. The summed E-state index contributed by atoms with van der Waals surface area (Å²) in [7, 11) is 0. The molecule has 0 amide bonds. The van der Waals surface area contributed by atoms with E-state index in [0.717, 1.165) is 5.99 Å². The number of hydrogen-bond donors (Lipinski definition) is 0. The quantitative estimate of drug-likeness (QED) is 0.434. The third-order valence-electron chi connectivity index (χ3n) is 0.858. The predicted molar refractivity (Wildman–Crippen MR) is 28.9 cm³/mol. The van der Waals surface area contributed by atoms with Gasteiger partial charge in [-0.1, -0.05) is 12.6 Å². The first-order valence-electron chi connectivity index (χ1n) is 1.96. The van der Waals surface area contributed by atoms with Gasteiger partial charge in [-0.2, -0.15) is 0 Å². The van der Waals surface area contributed by atoms with E-state index < -0.39 is 0 Å². The Kier molecular flexibility index (Phi) is 0.901. The fourth-order valence-corrected chi connectivity index (χ4v) is 0.911. The van der Waals surface area contributed by atoms with Crippen molar-refractivity contribution < 1.29 is 0 Å². The topological polar surface area (TPSA) is 0 Å². The Bertz CT molecular complexity index is 33.9.